The van der Waals surface area contributed by atoms with Crippen LogP contribution in [0.5, 0.6) is 0 Å². The Labute approximate surface area is 124 Å². The summed E-state index contributed by atoms with van der Waals surface area (Å²) in [6.45, 7) is 0. The lowest BCUT2D eigenvalue weighted by atomic mass is 9.89. The molecule has 0 amide bonds. The number of nitrogens with zero attached hydrogens (tertiary/aromatic N) is 3. The Morgan fingerprint density at radius 1 is 0.905 bits per heavy atom. The van der Waals surface area contributed by atoms with E-state index in [-0.39, 0.29) is 5.95 Å². The van der Waals surface area contributed by atoms with Crippen LogP contribution < -0.4 is 11.5 Å². The minimum absolute atomic E-state index is 0.233. The smallest absolute Gasteiger partial charge is 0.222 e. The largest absolute Gasteiger partial charge is 0.383 e. The Balaban J connectivity index is 2.09. The summed E-state index contributed by atoms with van der Waals surface area (Å²) < 4.78 is 0. The van der Waals surface area contributed by atoms with Crippen LogP contribution in [0.4, 0.5) is 11.8 Å². The highest BCUT2D eigenvalue weighted by Crippen LogP contribution is 2.39. The standard InChI is InChI=1S/C16H21N5/c17-15-13(11-5-3-1-2-4-6-11)14(20-16(18)21-15)12-7-9-19-10-8-12/h7-11H,1-6H2,(H4,17,18,20,21). The Morgan fingerprint density at radius 3 is 2.24 bits per heavy atom. The van der Waals surface area contributed by atoms with Gasteiger partial charge in [-0.1, -0.05) is 25.7 Å². The third kappa shape index (κ3) is 2.96. The summed E-state index contributed by atoms with van der Waals surface area (Å²) in [5, 5.41) is 0. The van der Waals surface area contributed by atoms with Gasteiger partial charge in [0.15, 0.2) is 0 Å². The molecule has 2 heterocycles. The van der Waals surface area contributed by atoms with Crippen molar-refractivity contribution < 1.29 is 0 Å². The van der Waals surface area contributed by atoms with Gasteiger partial charge in [-0.05, 0) is 30.9 Å². The Bertz CT molecular complexity index is 604. The van der Waals surface area contributed by atoms with Crippen molar-refractivity contribution in [2.24, 2.45) is 0 Å². The number of pyridine rings is 1. The predicted molar refractivity (Wildman–Crippen MR) is 84.5 cm³/mol. The van der Waals surface area contributed by atoms with Crippen molar-refractivity contribution >= 4 is 11.8 Å². The van der Waals surface area contributed by atoms with E-state index < -0.39 is 0 Å². The lowest BCUT2D eigenvalue weighted by Crippen LogP contribution is -2.11. The fourth-order valence-corrected chi connectivity index (χ4v) is 3.21. The summed E-state index contributed by atoms with van der Waals surface area (Å²) in [6, 6.07) is 3.89. The molecule has 0 aliphatic heterocycles. The molecule has 1 fully saturated rings. The molecule has 1 saturated carbocycles. The van der Waals surface area contributed by atoms with Crippen molar-refractivity contribution in [1.29, 1.82) is 0 Å². The zero-order valence-electron chi connectivity index (χ0n) is 12.1. The molecule has 2 aromatic rings. The van der Waals surface area contributed by atoms with Gasteiger partial charge < -0.3 is 11.5 Å². The highest BCUT2D eigenvalue weighted by Gasteiger charge is 2.23. The van der Waals surface area contributed by atoms with E-state index in [1.807, 2.05) is 12.1 Å². The van der Waals surface area contributed by atoms with Crippen LogP contribution in [-0.4, -0.2) is 15.0 Å². The van der Waals surface area contributed by atoms with Gasteiger partial charge in [-0.3, -0.25) is 4.98 Å². The lowest BCUT2D eigenvalue weighted by Gasteiger charge is -2.20. The molecule has 4 N–H and O–H groups in total. The van der Waals surface area contributed by atoms with E-state index in [9.17, 15) is 0 Å². The van der Waals surface area contributed by atoms with Crippen LogP contribution in [0.25, 0.3) is 11.3 Å². The van der Waals surface area contributed by atoms with Gasteiger partial charge in [0.2, 0.25) is 5.95 Å². The first-order chi connectivity index (χ1) is 10.3. The molecule has 0 aromatic carbocycles. The highest BCUT2D eigenvalue weighted by atomic mass is 15.0. The molecule has 1 aliphatic rings. The molecular weight excluding hydrogens is 262 g/mol. The second-order valence-electron chi connectivity index (χ2n) is 5.65. The molecule has 0 unspecified atom stereocenters. The molecule has 0 saturated heterocycles. The minimum atomic E-state index is 0.233. The number of aromatic nitrogens is 3. The molecule has 0 bridgehead atoms. The molecule has 2 aromatic heterocycles. The zero-order valence-corrected chi connectivity index (χ0v) is 12.1. The summed E-state index contributed by atoms with van der Waals surface area (Å²) in [4.78, 5) is 12.7. The summed E-state index contributed by atoms with van der Waals surface area (Å²) >= 11 is 0. The fraction of sp³-hybridized carbons (Fsp3) is 0.438. The van der Waals surface area contributed by atoms with Gasteiger partial charge in [0.1, 0.15) is 5.82 Å². The molecule has 0 atom stereocenters. The van der Waals surface area contributed by atoms with Crippen LogP contribution in [0.3, 0.4) is 0 Å². The number of nitrogens with two attached hydrogens (primary N) is 2. The van der Waals surface area contributed by atoms with E-state index in [0.717, 1.165) is 29.7 Å². The zero-order chi connectivity index (χ0) is 14.7. The Morgan fingerprint density at radius 2 is 1.57 bits per heavy atom. The van der Waals surface area contributed by atoms with Crippen molar-refractivity contribution in [2.45, 2.75) is 44.4 Å². The molecule has 21 heavy (non-hydrogen) atoms. The lowest BCUT2D eigenvalue weighted by molar-refractivity contribution is 0.592. The van der Waals surface area contributed by atoms with Gasteiger partial charge in [0, 0.05) is 23.5 Å². The Hall–Kier alpha value is -2.17. The summed E-state index contributed by atoms with van der Waals surface area (Å²) in [6.07, 6.45) is 10.9. The molecule has 1 aliphatic carbocycles. The summed E-state index contributed by atoms with van der Waals surface area (Å²) in [5.74, 6) is 1.19. The van der Waals surface area contributed by atoms with E-state index in [4.69, 9.17) is 11.5 Å². The van der Waals surface area contributed by atoms with Gasteiger partial charge in [0.05, 0.1) is 5.69 Å². The topological polar surface area (TPSA) is 90.7 Å². The van der Waals surface area contributed by atoms with Crippen molar-refractivity contribution in [3.05, 3.63) is 30.1 Å². The van der Waals surface area contributed by atoms with Crippen LogP contribution in [-0.2, 0) is 0 Å². The van der Waals surface area contributed by atoms with Crippen LogP contribution in [0.2, 0.25) is 0 Å². The number of rotatable bonds is 2. The number of anilines is 2. The molecule has 3 rings (SSSR count). The van der Waals surface area contributed by atoms with E-state index >= 15 is 0 Å². The predicted octanol–water partition coefficient (Wildman–Crippen LogP) is 3.14. The first-order valence-electron chi connectivity index (χ1n) is 7.59. The molecular formula is C16H21N5. The van der Waals surface area contributed by atoms with Crippen molar-refractivity contribution in [1.82, 2.24) is 15.0 Å². The van der Waals surface area contributed by atoms with Crippen molar-refractivity contribution in [3.63, 3.8) is 0 Å². The second-order valence-corrected chi connectivity index (χ2v) is 5.65. The molecule has 0 spiro atoms. The maximum Gasteiger partial charge on any atom is 0.222 e. The summed E-state index contributed by atoms with van der Waals surface area (Å²) in [7, 11) is 0. The van der Waals surface area contributed by atoms with Gasteiger partial charge in [-0.25, -0.2) is 4.98 Å². The van der Waals surface area contributed by atoms with Gasteiger partial charge in [-0.15, -0.1) is 0 Å². The van der Waals surface area contributed by atoms with Crippen LogP contribution in [0.1, 0.15) is 50.0 Å². The van der Waals surface area contributed by atoms with E-state index in [1.54, 1.807) is 12.4 Å². The van der Waals surface area contributed by atoms with Crippen LogP contribution in [0.15, 0.2) is 24.5 Å². The van der Waals surface area contributed by atoms with E-state index in [1.165, 1.54) is 25.7 Å². The first-order valence-corrected chi connectivity index (χ1v) is 7.59. The van der Waals surface area contributed by atoms with Crippen LogP contribution in [0, 0.1) is 0 Å². The molecule has 5 heteroatoms. The van der Waals surface area contributed by atoms with Crippen molar-refractivity contribution in [2.75, 3.05) is 11.5 Å². The quantitative estimate of drug-likeness (QED) is 0.826. The first kappa shape index (κ1) is 13.8. The average Bonchev–Trinajstić information content (AvgIpc) is 2.76. The maximum atomic E-state index is 6.19. The number of hydrogen-bond acceptors (Lipinski definition) is 5. The third-order valence-electron chi connectivity index (χ3n) is 4.21. The van der Waals surface area contributed by atoms with E-state index in [2.05, 4.69) is 15.0 Å². The maximum absolute atomic E-state index is 6.19. The third-order valence-corrected chi connectivity index (χ3v) is 4.21. The average molecular weight is 283 g/mol. The van der Waals surface area contributed by atoms with Gasteiger partial charge in [0.25, 0.3) is 0 Å². The van der Waals surface area contributed by atoms with E-state index in [0.29, 0.717) is 11.7 Å². The Kier molecular flexibility index (Phi) is 3.99. The molecule has 5 nitrogen and oxygen atoms in total. The summed E-state index contributed by atoms with van der Waals surface area (Å²) in [5.41, 5.74) is 14.9. The van der Waals surface area contributed by atoms with Crippen molar-refractivity contribution in [3.8, 4) is 11.3 Å². The SMILES string of the molecule is Nc1nc(N)c(C2CCCCCC2)c(-c2ccncc2)n1. The number of nitrogen functional groups attached to an aromatic ring is 2. The minimum Gasteiger partial charge on any atom is -0.383 e. The monoisotopic (exact) mass is 283 g/mol. The molecule has 110 valence electrons. The fourth-order valence-electron chi connectivity index (χ4n) is 3.21. The normalized spacial score (nSPS) is 16.6. The molecule has 0 radical (unpaired) electrons. The van der Waals surface area contributed by atoms with Gasteiger partial charge in [-0.2, -0.15) is 4.98 Å². The van der Waals surface area contributed by atoms with Crippen LogP contribution >= 0.6 is 0 Å². The second kappa shape index (κ2) is 6.08. The highest BCUT2D eigenvalue weighted by molar-refractivity contribution is 5.69. The van der Waals surface area contributed by atoms with Gasteiger partial charge >= 0.3 is 0 Å². The number of hydrogen-bond donors (Lipinski definition) is 2.